The van der Waals surface area contributed by atoms with E-state index in [0.29, 0.717) is 0 Å². The summed E-state index contributed by atoms with van der Waals surface area (Å²) in [6.45, 7) is 8.57. The van der Waals surface area contributed by atoms with E-state index >= 15 is 0 Å². The van der Waals surface area contributed by atoms with Crippen molar-refractivity contribution in [2.45, 2.75) is 34.1 Å². The van der Waals surface area contributed by atoms with Crippen molar-refractivity contribution in [3.05, 3.63) is 75.9 Å². The average Bonchev–Trinajstić information content (AvgIpc) is 2.62. The third-order valence-corrected chi connectivity index (χ3v) is 5.10. The molecule has 0 heterocycles. The van der Waals surface area contributed by atoms with Crippen molar-refractivity contribution in [2.75, 3.05) is 7.11 Å². The van der Waals surface area contributed by atoms with E-state index in [1.165, 1.54) is 38.7 Å². The van der Waals surface area contributed by atoms with Gasteiger partial charge in [-0.25, -0.2) is 4.57 Å². The minimum atomic E-state index is -4.64. The number of allylic oxidation sites excluding steroid dienone is 3. The van der Waals surface area contributed by atoms with Crippen LogP contribution in [0.4, 0.5) is 0 Å². The Labute approximate surface area is 175 Å². The molecule has 0 aliphatic rings. The van der Waals surface area contributed by atoms with Gasteiger partial charge in [-0.2, -0.15) is 0 Å². The Kier molecular flexibility index (Phi) is 9.98. The van der Waals surface area contributed by atoms with Gasteiger partial charge in [0.1, 0.15) is 5.75 Å². The second kappa shape index (κ2) is 11.4. The summed E-state index contributed by atoms with van der Waals surface area (Å²) in [5.74, 6) is 0.964. The third-order valence-electron chi connectivity index (χ3n) is 4.54. The number of phosphoric acid groups is 1. The van der Waals surface area contributed by atoms with Crippen LogP contribution in [0.25, 0.3) is 6.08 Å². The average molecular weight is 436 g/mol. The van der Waals surface area contributed by atoms with E-state index in [2.05, 4.69) is 85.5 Å². The van der Waals surface area contributed by atoms with Gasteiger partial charge < -0.3 is 19.4 Å². The fraction of sp³-hybridized carbons (Fsp3) is 0.273. The van der Waals surface area contributed by atoms with E-state index in [1.807, 2.05) is 0 Å². The fourth-order valence-electron chi connectivity index (χ4n) is 2.81. The third kappa shape index (κ3) is 9.08. The Morgan fingerprint density at radius 2 is 1.72 bits per heavy atom. The highest BCUT2D eigenvalue weighted by Crippen LogP contribution is 2.28. The van der Waals surface area contributed by atoms with Crippen LogP contribution in [0.1, 0.15) is 34.7 Å². The summed E-state index contributed by atoms with van der Waals surface area (Å²) in [4.78, 5) is 21.6. The number of aryl methyl sites for hydroxylation is 1. The molecule has 0 fully saturated rings. The molecule has 2 aromatic rings. The first-order valence-electron chi connectivity index (χ1n) is 9.05. The predicted octanol–water partition coefficient (Wildman–Crippen LogP) is 4.39. The van der Waals surface area contributed by atoms with Crippen molar-refractivity contribution >= 4 is 28.4 Å². The number of benzene rings is 2. The molecule has 0 aliphatic carbocycles. The lowest BCUT2D eigenvalue weighted by atomic mass is 9.96. The maximum absolute atomic E-state index is 8.88. The minimum absolute atomic E-state index is 0.954. The van der Waals surface area contributed by atoms with Crippen molar-refractivity contribution in [3.63, 3.8) is 0 Å². The lowest BCUT2D eigenvalue weighted by Gasteiger charge is -2.13. The standard InChI is InChI=1S/C22H27OP.H3O4P/c1-15(10-12-19-8-6-7-9-22(19)24)11-13-20-16(2)14-21(23-5)18(4)17(20)3;1-5(2,3)4/h6-11,13-14H,12,24H2,1-5H3;(H3,1,2,3,4)/b13-11+,15-10+;. The first-order valence-corrected chi connectivity index (χ1v) is 11.2. The molecule has 0 bridgehead atoms. The topological polar surface area (TPSA) is 87.0 Å². The van der Waals surface area contributed by atoms with E-state index in [-0.39, 0.29) is 0 Å². The summed E-state index contributed by atoms with van der Waals surface area (Å²) in [5.41, 5.74) is 7.65. The van der Waals surface area contributed by atoms with Crippen LogP contribution in [-0.4, -0.2) is 21.8 Å². The lowest BCUT2D eigenvalue weighted by Crippen LogP contribution is -1.99. The molecule has 29 heavy (non-hydrogen) atoms. The van der Waals surface area contributed by atoms with E-state index in [9.17, 15) is 0 Å². The van der Waals surface area contributed by atoms with Crippen LogP contribution >= 0.6 is 17.1 Å². The van der Waals surface area contributed by atoms with Gasteiger partial charge >= 0.3 is 7.82 Å². The summed E-state index contributed by atoms with van der Waals surface area (Å²) in [6, 6.07) is 10.6. The van der Waals surface area contributed by atoms with Gasteiger partial charge in [0.2, 0.25) is 0 Å². The van der Waals surface area contributed by atoms with E-state index in [0.717, 1.165) is 12.2 Å². The first kappa shape index (κ1) is 25.3. The molecule has 0 aromatic heterocycles. The number of rotatable bonds is 5. The molecule has 0 radical (unpaired) electrons. The molecule has 0 spiro atoms. The number of hydrogen-bond acceptors (Lipinski definition) is 2. The van der Waals surface area contributed by atoms with E-state index in [1.54, 1.807) is 7.11 Å². The molecular formula is C22H30O5P2. The zero-order chi connectivity index (χ0) is 22.2. The largest absolute Gasteiger partial charge is 0.496 e. The molecule has 158 valence electrons. The van der Waals surface area contributed by atoms with Gasteiger partial charge in [-0.15, -0.1) is 9.24 Å². The Hall–Kier alpha value is -1.74. The summed E-state index contributed by atoms with van der Waals surface area (Å²) in [5, 5.41) is 1.27. The van der Waals surface area contributed by atoms with Crippen molar-refractivity contribution in [1.82, 2.24) is 0 Å². The fourth-order valence-corrected chi connectivity index (χ4v) is 3.13. The van der Waals surface area contributed by atoms with Gasteiger partial charge in [0.25, 0.3) is 0 Å². The Bertz CT molecular complexity index is 934. The normalized spacial score (nSPS) is 12.0. The molecule has 2 aromatic carbocycles. The van der Waals surface area contributed by atoms with E-state index in [4.69, 9.17) is 24.0 Å². The van der Waals surface area contributed by atoms with Gasteiger partial charge in [-0.3, -0.25) is 0 Å². The van der Waals surface area contributed by atoms with Crippen LogP contribution in [-0.2, 0) is 11.0 Å². The molecule has 2 rings (SSSR count). The Balaban J connectivity index is 0.000000749. The molecular weight excluding hydrogens is 406 g/mol. The summed E-state index contributed by atoms with van der Waals surface area (Å²) < 4.78 is 14.3. The van der Waals surface area contributed by atoms with Crippen molar-refractivity contribution in [1.29, 1.82) is 0 Å². The van der Waals surface area contributed by atoms with Gasteiger partial charge in [0.15, 0.2) is 0 Å². The highest BCUT2D eigenvalue weighted by molar-refractivity contribution is 7.45. The zero-order valence-corrected chi connectivity index (χ0v) is 19.6. The summed E-state index contributed by atoms with van der Waals surface area (Å²) >= 11 is 0. The molecule has 0 aliphatic heterocycles. The Morgan fingerprint density at radius 3 is 2.28 bits per heavy atom. The van der Waals surface area contributed by atoms with Crippen LogP contribution in [0, 0.1) is 20.8 Å². The van der Waals surface area contributed by atoms with Gasteiger partial charge in [-0.1, -0.05) is 48.1 Å². The van der Waals surface area contributed by atoms with Crippen molar-refractivity contribution in [3.8, 4) is 5.75 Å². The van der Waals surface area contributed by atoms with Crippen LogP contribution in [0.15, 0.2) is 48.1 Å². The minimum Gasteiger partial charge on any atom is -0.496 e. The molecule has 1 unspecified atom stereocenters. The van der Waals surface area contributed by atoms with Crippen LogP contribution in [0.3, 0.4) is 0 Å². The van der Waals surface area contributed by atoms with Crippen LogP contribution in [0.5, 0.6) is 5.75 Å². The highest BCUT2D eigenvalue weighted by Gasteiger charge is 2.08. The summed E-state index contributed by atoms with van der Waals surface area (Å²) in [6.07, 6.45) is 7.65. The lowest BCUT2D eigenvalue weighted by molar-refractivity contribution is 0.275. The number of ether oxygens (including phenoxy) is 1. The predicted molar refractivity (Wildman–Crippen MR) is 124 cm³/mol. The Morgan fingerprint density at radius 1 is 1.14 bits per heavy atom. The quantitative estimate of drug-likeness (QED) is 0.478. The van der Waals surface area contributed by atoms with Crippen LogP contribution < -0.4 is 10.0 Å². The molecule has 0 saturated heterocycles. The summed E-state index contributed by atoms with van der Waals surface area (Å²) in [7, 11) is -0.103. The van der Waals surface area contributed by atoms with Gasteiger partial charge in [0.05, 0.1) is 7.11 Å². The zero-order valence-electron chi connectivity index (χ0n) is 17.5. The SMILES string of the molecule is COc1cc(C)c(/C=C/C(C)=C/Cc2ccccc2P)c(C)c1C.O=P(O)(O)O. The van der Waals surface area contributed by atoms with Crippen molar-refractivity contribution in [2.24, 2.45) is 0 Å². The second-order valence-corrected chi connectivity index (χ2v) is 8.41. The smallest absolute Gasteiger partial charge is 0.466 e. The molecule has 3 N–H and O–H groups in total. The highest BCUT2D eigenvalue weighted by atomic mass is 31.2. The van der Waals surface area contributed by atoms with Gasteiger partial charge in [0, 0.05) is 0 Å². The second-order valence-electron chi connectivity index (χ2n) is 6.76. The van der Waals surface area contributed by atoms with Crippen LogP contribution in [0.2, 0.25) is 0 Å². The molecule has 7 heteroatoms. The number of methoxy groups -OCH3 is 1. The maximum atomic E-state index is 8.88. The van der Waals surface area contributed by atoms with Crippen molar-refractivity contribution < 1.29 is 24.0 Å². The molecule has 1 atom stereocenters. The van der Waals surface area contributed by atoms with E-state index < -0.39 is 7.82 Å². The number of hydrogen-bond donors (Lipinski definition) is 3. The molecule has 0 saturated carbocycles. The molecule has 0 amide bonds. The molecule has 5 nitrogen and oxygen atoms in total. The maximum Gasteiger partial charge on any atom is 0.466 e. The van der Waals surface area contributed by atoms with Gasteiger partial charge in [-0.05, 0) is 73.3 Å². The monoisotopic (exact) mass is 436 g/mol. The first-order chi connectivity index (χ1) is 13.4.